The molecule has 1 N–H and O–H groups in total. The summed E-state index contributed by atoms with van der Waals surface area (Å²) in [7, 11) is 0. The lowest BCUT2D eigenvalue weighted by Gasteiger charge is -2.36. The van der Waals surface area contributed by atoms with Crippen LogP contribution < -0.4 is 0 Å². The van der Waals surface area contributed by atoms with E-state index in [9.17, 15) is 5.11 Å². The summed E-state index contributed by atoms with van der Waals surface area (Å²) in [5.41, 5.74) is 0.560. The van der Waals surface area contributed by atoms with Gasteiger partial charge in [0, 0.05) is 0 Å². The second-order valence-electron chi connectivity index (χ2n) is 6.39. The van der Waals surface area contributed by atoms with E-state index in [2.05, 4.69) is 41.5 Å². The fourth-order valence-electron chi connectivity index (χ4n) is 2.59. The van der Waals surface area contributed by atoms with Crippen molar-refractivity contribution in [3.8, 4) is 0 Å². The molecule has 1 unspecified atom stereocenters. The van der Waals surface area contributed by atoms with E-state index < -0.39 is 0 Å². The monoisotopic (exact) mass is 228 g/mol. The number of aliphatic hydroxyl groups excluding tert-OH is 1. The Morgan fingerprint density at radius 2 is 1.38 bits per heavy atom. The fourth-order valence-corrected chi connectivity index (χ4v) is 2.59. The highest BCUT2D eigenvalue weighted by Crippen LogP contribution is 2.37. The van der Waals surface area contributed by atoms with Crippen molar-refractivity contribution in [3.63, 3.8) is 0 Å². The molecule has 0 spiro atoms. The third-order valence-corrected chi connectivity index (χ3v) is 4.22. The zero-order valence-corrected chi connectivity index (χ0v) is 12.3. The number of rotatable bonds is 7. The first-order valence-electron chi connectivity index (χ1n) is 6.99. The minimum Gasteiger partial charge on any atom is -0.393 e. The second-order valence-corrected chi connectivity index (χ2v) is 6.39. The van der Waals surface area contributed by atoms with Gasteiger partial charge in [-0.25, -0.2) is 0 Å². The van der Waals surface area contributed by atoms with Crippen LogP contribution in [-0.4, -0.2) is 11.2 Å². The second kappa shape index (κ2) is 6.64. The predicted molar refractivity (Wildman–Crippen MR) is 72.6 cm³/mol. The Labute approximate surface area is 103 Å². The van der Waals surface area contributed by atoms with Gasteiger partial charge in [-0.2, -0.15) is 0 Å². The molecule has 0 saturated carbocycles. The van der Waals surface area contributed by atoms with Crippen LogP contribution in [0.5, 0.6) is 0 Å². The Hall–Kier alpha value is -0.0400. The van der Waals surface area contributed by atoms with Gasteiger partial charge in [0.15, 0.2) is 0 Å². The molecule has 1 heteroatoms. The van der Waals surface area contributed by atoms with E-state index in [4.69, 9.17) is 0 Å². The van der Waals surface area contributed by atoms with Crippen molar-refractivity contribution in [1.82, 2.24) is 0 Å². The molecule has 1 atom stereocenters. The first-order valence-corrected chi connectivity index (χ1v) is 6.99. The van der Waals surface area contributed by atoms with Crippen molar-refractivity contribution >= 4 is 0 Å². The van der Waals surface area contributed by atoms with E-state index in [1.165, 1.54) is 6.42 Å². The largest absolute Gasteiger partial charge is 0.393 e. The van der Waals surface area contributed by atoms with Crippen LogP contribution in [0.2, 0.25) is 0 Å². The van der Waals surface area contributed by atoms with Crippen molar-refractivity contribution in [2.24, 2.45) is 10.8 Å². The predicted octanol–water partition coefficient (Wildman–Crippen LogP) is 4.78. The number of hydrogen-bond acceptors (Lipinski definition) is 1. The number of hydrogen-bond donors (Lipinski definition) is 1. The van der Waals surface area contributed by atoms with Crippen LogP contribution in [0.3, 0.4) is 0 Å². The Kier molecular flexibility index (Phi) is 6.62. The highest BCUT2D eigenvalue weighted by molar-refractivity contribution is 4.83. The van der Waals surface area contributed by atoms with Gasteiger partial charge < -0.3 is 5.11 Å². The molecule has 0 aromatic carbocycles. The van der Waals surface area contributed by atoms with Gasteiger partial charge >= 0.3 is 0 Å². The average molecular weight is 228 g/mol. The van der Waals surface area contributed by atoms with Gasteiger partial charge in [0.1, 0.15) is 0 Å². The van der Waals surface area contributed by atoms with Crippen molar-refractivity contribution < 1.29 is 5.11 Å². The molecular formula is C15H32O. The third-order valence-electron chi connectivity index (χ3n) is 4.22. The summed E-state index contributed by atoms with van der Waals surface area (Å²) in [6, 6.07) is 0. The minimum absolute atomic E-state index is 0.116. The van der Waals surface area contributed by atoms with E-state index in [0.717, 1.165) is 32.1 Å². The Balaban J connectivity index is 4.17. The third kappa shape index (κ3) is 4.86. The highest BCUT2D eigenvalue weighted by Gasteiger charge is 2.32. The van der Waals surface area contributed by atoms with Crippen LogP contribution in [0.4, 0.5) is 0 Å². The van der Waals surface area contributed by atoms with E-state index in [-0.39, 0.29) is 11.5 Å². The maximum absolute atomic E-state index is 10.4. The number of aliphatic hydroxyl groups is 1. The average Bonchev–Trinajstić information content (AvgIpc) is 2.19. The van der Waals surface area contributed by atoms with Gasteiger partial charge in [0.05, 0.1) is 6.10 Å². The lowest BCUT2D eigenvalue weighted by molar-refractivity contribution is 0.00519. The van der Waals surface area contributed by atoms with Crippen LogP contribution >= 0.6 is 0 Å². The molecular weight excluding hydrogens is 196 g/mol. The maximum atomic E-state index is 10.4. The first-order chi connectivity index (χ1) is 7.31. The minimum atomic E-state index is -0.116. The topological polar surface area (TPSA) is 20.2 Å². The molecule has 0 bridgehead atoms. The summed E-state index contributed by atoms with van der Waals surface area (Å²) in [4.78, 5) is 0. The quantitative estimate of drug-likeness (QED) is 0.665. The Morgan fingerprint density at radius 3 is 1.69 bits per heavy atom. The van der Waals surface area contributed by atoms with Gasteiger partial charge in [0.2, 0.25) is 0 Å². The molecule has 0 amide bonds. The molecule has 1 nitrogen and oxygen atoms in total. The Morgan fingerprint density at radius 1 is 0.938 bits per heavy atom. The van der Waals surface area contributed by atoms with E-state index in [1.54, 1.807) is 0 Å². The molecule has 0 aliphatic rings. The smallest absolute Gasteiger partial charge is 0.0596 e. The van der Waals surface area contributed by atoms with Gasteiger partial charge in [-0.3, -0.25) is 0 Å². The summed E-state index contributed by atoms with van der Waals surface area (Å²) >= 11 is 0. The molecule has 98 valence electrons. The summed E-state index contributed by atoms with van der Waals surface area (Å²) in [5.74, 6) is 0. The lowest BCUT2D eigenvalue weighted by atomic mass is 9.73. The van der Waals surface area contributed by atoms with Crippen LogP contribution in [0, 0.1) is 10.8 Å². The SMILES string of the molecule is CCC(CC)(CC)C(O)CCCC(C)(C)C. The van der Waals surface area contributed by atoms with E-state index in [0.29, 0.717) is 5.41 Å². The summed E-state index contributed by atoms with van der Waals surface area (Å²) in [6.07, 6.45) is 6.48. The normalized spacial score (nSPS) is 15.2. The molecule has 0 fully saturated rings. The Bertz CT molecular complexity index is 166. The molecule has 0 aromatic heterocycles. The molecule has 0 saturated heterocycles. The molecule has 0 aliphatic carbocycles. The van der Waals surface area contributed by atoms with Gasteiger partial charge in [-0.1, -0.05) is 48.0 Å². The highest BCUT2D eigenvalue weighted by atomic mass is 16.3. The van der Waals surface area contributed by atoms with Gasteiger partial charge in [-0.05, 0) is 42.9 Å². The first kappa shape index (κ1) is 16.0. The molecule has 16 heavy (non-hydrogen) atoms. The van der Waals surface area contributed by atoms with Crippen LogP contribution in [0.15, 0.2) is 0 Å². The van der Waals surface area contributed by atoms with Gasteiger partial charge in [-0.15, -0.1) is 0 Å². The van der Waals surface area contributed by atoms with Crippen LogP contribution in [-0.2, 0) is 0 Å². The summed E-state index contributed by atoms with van der Waals surface area (Å²) in [6.45, 7) is 13.4. The van der Waals surface area contributed by atoms with E-state index in [1.807, 2.05) is 0 Å². The van der Waals surface area contributed by atoms with Gasteiger partial charge in [0.25, 0.3) is 0 Å². The maximum Gasteiger partial charge on any atom is 0.0596 e. The standard InChI is InChI=1S/C15H32O/c1-7-15(8-2,9-3)13(16)11-10-12-14(4,5)6/h13,16H,7-12H2,1-6H3. The zero-order chi connectivity index (χ0) is 12.8. The molecule has 0 rings (SSSR count). The van der Waals surface area contributed by atoms with Crippen molar-refractivity contribution in [2.45, 2.75) is 86.2 Å². The van der Waals surface area contributed by atoms with Crippen molar-refractivity contribution in [1.29, 1.82) is 0 Å². The fraction of sp³-hybridized carbons (Fsp3) is 1.00. The van der Waals surface area contributed by atoms with Crippen LogP contribution in [0.25, 0.3) is 0 Å². The molecule has 0 heterocycles. The molecule has 0 aromatic rings. The van der Waals surface area contributed by atoms with Crippen LogP contribution in [0.1, 0.15) is 80.1 Å². The van der Waals surface area contributed by atoms with Crippen molar-refractivity contribution in [3.05, 3.63) is 0 Å². The summed E-state index contributed by atoms with van der Waals surface area (Å²) < 4.78 is 0. The van der Waals surface area contributed by atoms with E-state index >= 15 is 0 Å². The van der Waals surface area contributed by atoms with Crippen molar-refractivity contribution in [2.75, 3.05) is 0 Å². The zero-order valence-electron chi connectivity index (χ0n) is 12.3. The molecule has 0 radical (unpaired) electrons. The summed E-state index contributed by atoms with van der Waals surface area (Å²) in [5, 5.41) is 10.4. The molecule has 0 aliphatic heterocycles. The lowest BCUT2D eigenvalue weighted by Crippen LogP contribution is -2.33.